The van der Waals surface area contributed by atoms with Crippen molar-refractivity contribution in [2.45, 2.75) is 50.6 Å². The Labute approximate surface area is 118 Å². The van der Waals surface area contributed by atoms with E-state index in [1.165, 1.54) is 18.5 Å². The van der Waals surface area contributed by atoms with E-state index < -0.39 is 0 Å². The van der Waals surface area contributed by atoms with Crippen molar-refractivity contribution in [3.8, 4) is 0 Å². The molecule has 0 radical (unpaired) electrons. The Kier molecular flexibility index (Phi) is 2.70. The number of fused-ring (bicyclic) bond motifs is 1. The van der Waals surface area contributed by atoms with Crippen molar-refractivity contribution in [3.05, 3.63) is 24.0 Å². The topological polar surface area (TPSA) is 68.2 Å². The highest BCUT2D eigenvalue weighted by molar-refractivity contribution is 5.50. The highest BCUT2D eigenvalue weighted by atomic mass is 15.3. The van der Waals surface area contributed by atoms with Crippen LogP contribution in [0.3, 0.4) is 0 Å². The van der Waals surface area contributed by atoms with Crippen molar-refractivity contribution in [2.75, 3.05) is 5.32 Å². The van der Waals surface area contributed by atoms with Gasteiger partial charge in [0, 0.05) is 35.8 Å². The van der Waals surface area contributed by atoms with Gasteiger partial charge in [0.05, 0.1) is 6.20 Å². The van der Waals surface area contributed by atoms with Gasteiger partial charge in [-0.05, 0) is 31.6 Å². The number of nitrogens with two attached hydrogens (primary N) is 1. The van der Waals surface area contributed by atoms with Gasteiger partial charge >= 0.3 is 0 Å². The van der Waals surface area contributed by atoms with Crippen molar-refractivity contribution < 1.29 is 0 Å². The first-order chi connectivity index (χ1) is 9.70. The van der Waals surface area contributed by atoms with Gasteiger partial charge in [0.15, 0.2) is 5.65 Å². The highest BCUT2D eigenvalue weighted by Crippen LogP contribution is 2.42. The quantitative estimate of drug-likeness (QED) is 0.894. The Morgan fingerprint density at radius 1 is 1.40 bits per heavy atom. The fraction of sp³-hybridized carbons (Fsp3) is 0.600. The second-order valence-electron chi connectivity index (χ2n) is 6.37. The molecule has 2 heterocycles. The summed E-state index contributed by atoms with van der Waals surface area (Å²) in [5, 5.41) is 7.94. The van der Waals surface area contributed by atoms with E-state index in [1.54, 1.807) is 0 Å². The molecule has 5 nitrogen and oxygen atoms in total. The molecule has 0 aromatic carbocycles. The van der Waals surface area contributed by atoms with Gasteiger partial charge in [-0.25, -0.2) is 4.98 Å². The molecule has 0 bridgehead atoms. The second-order valence-corrected chi connectivity index (χ2v) is 6.37. The third-order valence-electron chi connectivity index (χ3n) is 4.70. The zero-order valence-electron chi connectivity index (χ0n) is 11.8. The summed E-state index contributed by atoms with van der Waals surface area (Å²) >= 11 is 0. The first-order valence-corrected chi connectivity index (χ1v) is 7.57. The standard InChI is InChI=1S/C15H21N5/c1-9(10-2-3-10)13-8-15(18-12-6-11(16)7-12)20-14(19-13)4-5-17-20/h4-5,8-12,18H,2-3,6-7,16H2,1H3/t9-,11-,12-/m1/s1. The van der Waals surface area contributed by atoms with Crippen LogP contribution in [0, 0.1) is 5.92 Å². The number of rotatable bonds is 4. The summed E-state index contributed by atoms with van der Waals surface area (Å²) in [5.41, 5.74) is 7.98. The van der Waals surface area contributed by atoms with E-state index in [4.69, 9.17) is 10.7 Å². The molecule has 3 N–H and O–H groups in total. The van der Waals surface area contributed by atoms with E-state index >= 15 is 0 Å². The maximum absolute atomic E-state index is 5.87. The van der Waals surface area contributed by atoms with Crippen LogP contribution in [0.15, 0.2) is 18.3 Å². The number of hydrogen-bond donors (Lipinski definition) is 2. The number of anilines is 1. The minimum Gasteiger partial charge on any atom is -0.367 e. The summed E-state index contributed by atoms with van der Waals surface area (Å²) in [6.45, 7) is 2.29. The number of hydrogen-bond acceptors (Lipinski definition) is 4. The number of nitrogens with one attached hydrogen (secondary N) is 1. The summed E-state index contributed by atoms with van der Waals surface area (Å²) in [7, 11) is 0. The molecule has 2 fully saturated rings. The van der Waals surface area contributed by atoms with Crippen molar-refractivity contribution in [3.63, 3.8) is 0 Å². The molecule has 0 unspecified atom stereocenters. The van der Waals surface area contributed by atoms with Crippen LogP contribution in [-0.4, -0.2) is 26.7 Å². The van der Waals surface area contributed by atoms with Gasteiger partial charge in [0.25, 0.3) is 0 Å². The summed E-state index contributed by atoms with van der Waals surface area (Å²) in [5.74, 6) is 2.41. The molecule has 2 aliphatic rings. The lowest BCUT2D eigenvalue weighted by Crippen LogP contribution is -2.44. The van der Waals surface area contributed by atoms with Crippen LogP contribution in [0.5, 0.6) is 0 Å². The molecule has 2 aliphatic carbocycles. The zero-order valence-corrected chi connectivity index (χ0v) is 11.8. The molecule has 20 heavy (non-hydrogen) atoms. The molecular formula is C15H21N5. The van der Waals surface area contributed by atoms with Gasteiger partial charge < -0.3 is 11.1 Å². The Morgan fingerprint density at radius 2 is 2.20 bits per heavy atom. The lowest BCUT2D eigenvalue weighted by molar-refractivity contribution is 0.372. The molecule has 2 saturated carbocycles. The number of nitrogens with zero attached hydrogens (tertiary/aromatic N) is 3. The van der Waals surface area contributed by atoms with E-state index in [1.807, 2.05) is 16.8 Å². The first kappa shape index (κ1) is 12.1. The molecule has 0 spiro atoms. The van der Waals surface area contributed by atoms with Crippen LogP contribution in [-0.2, 0) is 0 Å². The van der Waals surface area contributed by atoms with Gasteiger partial charge in [-0.3, -0.25) is 0 Å². The van der Waals surface area contributed by atoms with E-state index in [0.717, 1.165) is 30.2 Å². The first-order valence-electron chi connectivity index (χ1n) is 7.57. The third-order valence-corrected chi connectivity index (χ3v) is 4.70. The normalized spacial score (nSPS) is 27.3. The second kappa shape index (κ2) is 4.45. The Bertz CT molecular complexity index is 624. The number of aromatic nitrogens is 3. The molecule has 4 rings (SSSR count). The summed E-state index contributed by atoms with van der Waals surface area (Å²) < 4.78 is 1.90. The summed E-state index contributed by atoms with van der Waals surface area (Å²) in [6, 6.07) is 4.98. The van der Waals surface area contributed by atoms with Crippen LogP contribution >= 0.6 is 0 Å². The fourth-order valence-electron chi connectivity index (χ4n) is 3.10. The molecule has 2 aromatic rings. The molecule has 2 aromatic heterocycles. The molecular weight excluding hydrogens is 250 g/mol. The Morgan fingerprint density at radius 3 is 2.90 bits per heavy atom. The smallest absolute Gasteiger partial charge is 0.157 e. The molecule has 0 saturated heterocycles. The molecule has 1 atom stereocenters. The van der Waals surface area contributed by atoms with Gasteiger partial charge in [-0.1, -0.05) is 6.92 Å². The third kappa shape index (κ3) is 2.06. The fourth-order valence-corrected chi connectivity index (χ4v) is 3.10. The van der Waals surface area contributed by atoms with E-state index in [2.05, 4.69) is 23.4 Å². The van der Waals surface area contributed by atoms with Crippen LogP contribution in [0.2, 0.25) is 0 Å². The van der Waals surface area contributed by atoms with Crippen molar-refractivity contribution in [2.24, 2.45) is 11.7 Å². The molecule has 0 amide bonds. The minimum absolute atomic E-state index is 0.354. The molecule has 0 aliphatic heterocycles. The minimum atomic E-state index is 0.354. The predicted octanol–water partition coefficient (Wildman–Crippen LogP) is 2.14. The van der Waals surface area contributed by atoms with E-state index in [-0.39, 0.29) is 0 Å². The lowest BCUT2D eigenvalue weighted by Gasteiger charge is -2.33. The molecule has 106 valence electrons. The largest absolute Gasteiger partial charge is 0.367 e. The van der Waals surface area contributed by atoms with Crippen LogP contribution in [0.1, 0.15) is 44.2 Å². The Balaban J connectivity index is 1.67. The average Bonchev–Trinajstić information content (AvgIpc) is 3.14. The van der Waals surface area contributed by atoms with Crippen LogP contribution < -0.4 is 11.1 Å². The Hall–Kier alpha value is -1.62. The van der Waals surface area contributed by atoms with Crippen LogP contribution in [0.4, 0.5) is 5.82 Å². The lowest BCUT2D eigenvalue weighted by atomic mass is 9.87. The summed E-state index contributed by atoms with van der Waals surface area (Å²) in [4.78, 5) is 4.76. The SMILES string of the molecule is C[C@@H](c1cc(N[C@H]2C[C@H](N)C2)n2nccc2n1)C1CC1. The summed E-state index contributed by atoms with van der Waals surface area (Å²) in [6.07, 6.45) is 6.57. The maximum Gasteiger partial charge on any atom is 0.157 e. The average molecular weight is 271 g/mol. The van der Waals surface area contributed by atoms with E-state index in [0.29, 0.717) is 18.0 Å². The predicted molar refractivity (Wildman–Crippen MR) is 78.7 cm³/mol. The van der Waals surface area contributed by atoms with Crippen molar-refractivity contribution in [1.82, 2.24) is 14.6 Å². The zero-order chi connectivity index (χ0) is 13.7. The van der Waals surface area contributed by atoms with E-state index in [9.17, 15) is 0 Å². The highest BCUT2D eigenvalue weighted by Gasteiger charge is 2.31. The molecule has 5 heteroatoms. The van der Waals surface area contributed by atoms with Crippen molar-refractivity contribution >= 4 is 11.5 Å². The monoisotopic (exact) mass is 271 g/mol. The van der Waals surface area contributed by atoms with Gasteiger partial charge in [-0.15, -0.1) is 0 Å². The van der Waals surface area contributed by atoms with Gasteiger partial charge in [0.2, 0.25) is 0 Å². The van der Waals surface area contributed by atoms with Crippen LogP contribution in [0.25, 0.3) is 5.65 Å². The van der Waals surface area contributed by atoms with Gasteiger partial charge in [0.1, 0.15) is 5.82 Å². The van der Waals surface area contributed by atoms with Crippen molar-refractivity contribution in [1.29, 1.82) is 0 Å². The maximum atomic E-state index is 5.87. The van der Waals surface area contributed by atoms with Gasteiger partial charge in [-0.2, -0.15) is 9.61 Å².